The zero-order valence-electron chi connectivity index (χ0n) is 13.8. The Balaban J connectivity index is 1.64. The summed E-state index contributed by atoms with van der Waals surface area (Å²) in [6, 6.07) is 12.7. The second-order valence-electron chi connectivity index (χ2n) is 5.82. The van der Waals surface area contributed by atoms with Crippen molar-refractivity contribution in [2.75, 3.05) is 11.9 Å². The van der Waals surface area contributed by atoms with Crippen molar-refractivity contribution in [1.82, 2.24) is 9.55 Å². The molecule has 4 nitrogen and oxygen atoms in total. The Morgan fingerprint density at radius 1 is 1.21 bits per heavy atom. The fourth-order valence-electron chi connectivity index (χ4n) is 2.92. The van der Waals surface area contributed by atoms with Gasteiger partial charge in [0.05, 0.1) is 16.6 Å². The first kappa shape index (κ1) is 16.2. The molecule has 0 aliphatic rings. The zero-order valence-corrected chi connectivity index (χ0v) is 13.8. The van der Waals surface area contributed by atoms with Crippen molar-refractivity contribution in [3.05, 3.63) is 59.7 Å². The van der Waals surface area contributed by atoms with Gasteiger partial charge in [-0.15, -0.1) is 0 Å². The molecule has 5 heteroatoms. The fraction of sp³-hybridized carbons (Fsp3) is 0.263. The van der Waals surface area contributed by atoms with Crippen LogP contribution in [0.15, 0.2) is 42.5 Å². The molecule has 0 saturated carbocycles. The van der Waals surface area contributed by atoms with E-state index in [9.17, 15) is 9.18 Å². The molecule has 0 aliphatic carbocycles. The highest BCUT2D eigenvalue weighted by molar-refractivity contribution is 5.99. The number of fused-ring (bicyclic) bond motifs is 1. The molecule has 0 saturated heterocycles. The number of halogens is 1. The molecule has 0 amide bonds. The van der Waals surface area contributed by atoms with Gasteiger partial charge in [0.1, 0.15) is 11.6 Å². The summed E-state index contributed by atoms with van der Waals surface area (Å²) in [4.78, 5) is 16.2. The molecular formula is C19H20FN3O. The molecule has 1 aromatic heterocycles. The number of aryl methyl sites for hydroxylation is 2. The monoisotopic (exact) mass is 325 g/mol. The molecule has 0 atom stereocenters. The first-order chi connectivity index (χ1) is 11.6. The van der Waals surface area contributed by atoms with Gasteiger partial charge in [-0.2, -0.15) is 0 Å². The summed E-state index contributed by atoms with van der Waals surface area (Å²) in [5.41, 5.74) is 2.78. The Bertz CT molecular complexity index is 885. The number of anilines is 1. The fourth-order valence-corrected chi connectivity index (χ4v) is 2.92. The van der Waals surface area contributed by atoms with Gasteiger partial charge in [-0.3, -0.25) is 4.79 Å². The van der Waals surface area contributed by atoms with E-state index in [2.05, 4.69) is 20.9 Å². The lowest BCUT2D eigenvalue weighted by atomic mass is 10.1. The summed E-state index contributed by atoms with van der Waals surface area (Å²) < 4.78 is 15.9. The van der Waals surface area contributed by atoms with E-state index < -0.39 is 5.82 Å². The molecule has 0 fully saturated rings. The van der Waals surface area contributed by atoms with Crippen molar-refractivity contribution < 1.29 is 9.18 Å². The molecule has 0 unspecified atom stereocenters. The van der Waals surface area contributed by atoms with E-state index in [1.54, 1.807) is 12.1 Å². The Labute approximate surface area is 140 Å². The van der Waals surface area contributed by atoms with E-state index in [-0.39, 0.29) is 11.3 Å². The molecule has 0 bridgehead atoms. The summed E-state index contributed by atoms with van der Waals surface area (Å²) in [6.45, 7) is 2.02. The van der Waals surface area contributed by atoms with Crippen molar-refractivity contribution >= 4 is 22.5 Å². The summed E-state index contributed by atoms with van der Waals surface area (Å²) in [7, 11) is 2.01. The molecule has 0 radical (unpaired) electrons. The lowest BCUT2D eigenvalue weighted by molar-refractivity contribution is 0.101. The van der Waals surface area contributed by atoms with Crippen molar-refractivity contribution in [2.45, 2.75) is 19.8 Å². The Morgan fingerprint density at radius 2 is 2.00 bits per heavy atom. The summed E-state index contributed by atoms with van der Waals surface area (Å²) in [5.74, 6) is 0.262. The van der Waals surface area contributed by atoms with Gasteiger partial charge in [-0.25, -0.2) is 9.37 Å². The second-order valence-corrected chi connectivity index (χ2v) is 5.82. The van der Waals surface area contributed by atoms with Crippen molar-refractivity contribution in [3.63, 3.8) is 0 Å². The lowest BCUT2D eigenvalue weighted by Gasteiger charge is -2.11. The number of nitrogens with zero attached hydrogens (tertiary/aromatic N) is 2. The SMILES string of the molecule is CC(=O)c1c(F)cccc1NCCCc1nc2ccccc2n1C. The van der Waals surface area contributed by atoms with Gasteiger partial charge in [0.25, 0.3) is 0 Å². The van der Waals surface area contributed by atoms with E-state index in [1.165, 1.54) is 13.0 Å². The van der Waals surface area contributed by atoms with Gasteiger partial charge in [0.2, 0.25) is 0 Å². The number of carbonyl (C=O) groups excluding carboxylic acids is 1. The number of hydrogen-bond donors (Lipinski definition) is 1. The minimum Gasteiger partial charge on any atom is -0.384 e. The van der Waals surface area contributed by atoms with Gasteiger partial charge >= 0.3 is 0 Å². The molecule has 1 N–H and O–H groups in total. The van der Waals surface area contributed by atoms with Crippen LogP contribution in [0.1, 0.15) is 29.5 Å². The largest absolute Gasteiger partial charge is 0.384 e. The number of imidazole rings is 1. The van der Waals surface area contributed by atoms with E-state index in [4.69, 9.17) is 0 Å². The normalized spacial score (nSPS) is 11.0. The highest BCUT2D eigenvalue weighted by atomic mass is 19.1. The molecule has 3 rings (SSSR count). The Morgan fingerprint density at radius 3 is 2.75 bits per heavy atom. The smallest absolute Gasteiger partial charge is 0.164 e. The van der Waals surface area contributed by atoms with Crippen LogP contribution in [0.25, 0.3) is 11.0 Å². The maximum absolute atomic E-state index is 13.8. The zero-order chi connectivity index (χ0) is 17.1. The van der Waals surface area contributed by atoms with Crippen LogP contribution in [0.2, 0.25) is 0 Å². The van der Waals surface area contributed by atoms with E-state index in [0.717, 1.165) is 29.7 Å². The van der Waals surface area contributed by atoms with Crippen LogP contribution in [-0.2, 0) is 13.5 Å². The molecule has 24 heavy (non-hydrogen) atoms. The Hall–Kier alpha value is -2.69. The molecule has 1 heterocycles. The third kappa shape index (κ3) is 3.15. The molecule has 124 valence electrons. The van der Waals surface area contributed by atoms with Crippen LogP contribution in [-0.4, -0.2) is 21.9 Å². The number of aromatic nitrogens is 2. The number of carbonyl (C=O) groups is 1. The van der Waals surface area contributed by atoms with Gasteiger partial charge in [-0.1, -0.05) is 18.2 Å². The number of hydrogen-bond acceptors (Lipinski definition) is 3. The van der Waals surface area contributed by atoms with Crippen LogP contribution in [0.3, 0.4) is 0 Å². The van der Waals surface area contributed by atoms with Crippen molar-refractivity contribution in [1.29, 1.82) is 0 Å². The molecule has 0 spiro atoms. The third-order valence-corrected chi connectivity index (χ3v) is 4.14. The summed E-state index contributed by atoms with van der Waals surface area (Å²) in [5, 5.41) is 3.16. The lowest BCUT2D eigenvalue weighted by Crippen LogP contribution is -2.10. The van der Waals surface area contributed by atoms with Crippen molar-refractivity contribution in [3.8, 4) is 0 Å². The van der Waals surface area contributed by atoms with Crippen LogP contribution < -0.4 is 5.32 Å². The van der Waals surface area contributed by atoms with Crippen molar-refractivity contribution in [2.24, 2.45) is 7.05 Å². The number of nitrogens with one attached hydrogen (secondary N) is 1. The quantitative estimate of drug-likeness (QED) is 0.551. The minimum absolute atomic E-state index is 0.125. The van der Waals surface area contributed by atoms with Crippen LogP contribution >= 0.6 is 0 Å². The minimum atomic E-state index is -0.483. The number of para-hydroxylation sites is 2. The average Bonchev–Trinajstić information content (AvgIpc) is 2.88. The average molecular weight is 325 g/mol. The summed E-state index contributed by atoms with van der Waals surface area (Å²) in [6.07, 6.45) is 1.65. The van der Waals surface area contributed by atoms with Crippen LogP contribution in [0, 0.1) is 5.82 Å². The maximum Gasteiger partial charge on any atom is 0.164 e. The van der Waals surface area contributed by atoms with Gasteiger partial charge in [0, 0.05) is 25.7 Å². The first-order valence-electron chi connectivity index (χ1n) is 8.01. The topological polar surface area (TPSA) is 46.9 Å². The number of benzene rings is 2. The molecule has 2 aromatic carbocycles. The second kappa shape index (κ2) is 6.83. The predicted molar refractivity (Wildman–Crippen MR) is 93.9 cm³/mol. The maximum atomic E-state index is 13.8. The van der Waals surface area contributed by atoms with Crippen LogP contribution in [0.5, 0.6) is 0 Å². The highest BCUT2D eigenvalue weighted by Gasteiger charge is 2.12. The molecule has 3 aromatic rings. The van der Waals surface area contributed by atoms with Gasteiger partial charge in [-0.05, 0) is 37.6 Å². The first-order valence-corrected chi connectivity index (χ1v) is 8.01. The van der Waals surface area contributed by atoms with E-state index >= 15 is 0 Å². The number of ketones is 1. The number of Topliss-reactive ketones (excluding diaryl/α,β-unsaturated/α-hetero) is 1. The van der Waals surface area contributed by atoms with Gasteiger partial charge in [0.15, 0.2) is 5.78 Å². The Kier molecular flexibility index (Phi) is 4.60. The van der Waals surface area contributed by atoms with Crippen LogP contribution in [0.4, 0.5) is 10.1 Å². The van der Waals surface area contributed by atoms with E-state index in [0.29, 0.717) is 12.2 Å². The molecular weight excluding hydrogens is 305 g/mol. The third-order valence-electron chi connectivity index (χ3n) is 4.14. The highest BCUT2D eigenvalue weighted by Crippen LogP contribution is 2.20. The standard InChI is InChI=1S/C19H20FN3O/c1-13(24)19-14(20)7-5-9-16(19)21-12-6-11-18-22-15-8-3-4-10-17(15)23(18)2/h3-5,7-10,21H,6,11-12H2,1-2H3. The van der Waals surface area contributed by atoms with Gasteiger partial charge < -0.3 is 9.88 Å². The number of rotatable bonds is 6. The van der Waals surface area contributed by atoms with E-state index in [1.807, 2.05) is 25.2 Å². The molecule has 0 aliphatic heterocycles. The summed E-state index contributed by atoms with van der Waals surface area (Å²) >= 11 is 0. The predicted octanol–water partition coefficient (Wildman–Crippen LogP) is 3.96.